The summed E-state index contributed by atoms with van der Waals surface area (Å²) in [5.74, 6) is -2.50. The number of rotatable bonds is 2. The molecule has 0 bridgehead atoms. The Labute approximate surface area is 100 Å². The molecule has 0 atom stereocenters. The second kappa shape index (κ2) is 4.14. The van der Waals surface area contributed by atoms with Gasteiger partial charge in [-0.2, -0.15) is 5.10 Å². The van der Waals surface area contributed by atoms with Gasteiger partial charge in [0.05, 0.1) is 16.9 Å². The molecule has 0 aliphatic rings. The third-order valence-corrected chi connectivity index (χ3v) is 2.53. The van der Waals surface area contributed by atoms with Gasteiger partial charge in [0.1, 0.15) is 5.56 Å². The van der Waals surface area contributed by atoms with Gasteiger partial charge < -0.3 is 5.11 Å². The summed E-state index contributed by atoms with van der Waals surface area (Å²) in [5, 5.41) is 13.1. The predicted octanol–water partition coefficient (Wildman–Crippen LogP) is 2.07. The summed E-state index contributed by atoms with van der Waals surface area (Å²) in [6.07, 6.45) is 2.57. The molecule has 0 saturated heterocycles. The zero-order valence-electron chi connectivity index (χ0n) is 8.69. The van der Waals surface area contributed by atoms with Gasteiger partial charge in [-0.15, -0.1) is 0 Å². The van der Waals surface area contributed by atoms with E-state index in [1.165, 1.54) is 12.4 Å². The van der Waals surface area contributed by atoms with E-state index in [1.807, 2.05) is 0 Å². The number of aryl methyl sites for hydroxylation is 1. The lowest BCUT2D eigenvalue weighted by Crippen LogP contribution is -2.08. The average Bonchev–Trinajstić information content (AvgIpc) is 2.59. The highest BCUT2D eigenvalue weighted by Gasteiger charge is 2.17. The number of halogens is 2. The standard InChI is InChI=1S/C10H7ClFN3O2/c1-5-7(11)4-15(14-5)9-8(12)6(10(16)17)2-3-13-9/h2-4H,1H3,(H,16,17). The topological polar surface area (TPSA) is 68.0 Å². The van der Waals surface area contributed by atoms with E-state index in [0.717, 1.165) is 10.7 Å². The van der Waals surface area contributed by atoms with Crippen molar-refractivity contribution in [2.75, 3.05) is 0 Å². The minimum absolute atomic E-state index is 0.195. The summed E-state index contributed by atoms with van der Waals surface area (Å²) in [6.45, 7) is 1.65. The van der Waals surface area contributed by atoms with Gasteiger partial charge >= 0.3 is 5.97 Å². The molecule has 0 spiro atoms. The molecule has 0 amide bonds. The van der Waals surface area contributed by atoms with Gasteiger partial charge in [0.15, 0.2) is 11.6 Å². The maximum absolute atomic E-state index is 13.8. The van der Waals surface area contributed by atoms with Crippen LogP contribution >= 0.6 is 11.6 Å². The Balaban J connectivity index is 2.60. The molecule has 0 radical (unpaired) electrons. The van der Waals surface area contributed by atoms with Crippen molar-refractivity contribution in [1.29, 1.82) is 0 Å². The molecule has 0 unspecified atom stereocenters. The highest BCUT2D eigenvalue weighted by Crippen LogP contribution is 2.18. The van der Waals surface area contributed by atoms with Crippen LogP contribution in [0.4, 0.5) is 4.39 Å². The normalized spacial score (nSPS) is 10.5. The number of carbonyl (C=O) groups is 1. The number of hydrogen-bond acceptors (Lipinski definition) is 3. The van der Waals surface area contributed by atoms with Gasteiger partial charge in [-0.3, -0.25) is 0 Å². The van der Waals surface area contributed by atoms with Gasteiger partial charge in [0, 0.05) is 6.20 Å². The predicted molar refractivity (Wildman–Crippen MR) is 58.0 cm³/mol. The number of carboxylic acids is 1. The Morgan fingerprint density at radius 3 is 2.82 bits per heavy atom. The van der Waals surface area contributed by atoms with Crippen LogP contribution in [0, 0.1) is 12.7 Å². The Kier molecular flexibility index (Phi) is 2.81. The minimum Gasteiger partial charge on any atom is -0.478 e. The average molecular weight is 256 g/mol. The third kappa shape index (κ3) is 1.99. The van der Waals surface area contributed by atoms with E-state index in [0.29, 0.717) is 10.7 Å². The highest BCUT2D eigenvalue weighted by atomic mass is 35.5. The first-order chi connectivity index (χ1) is 8.00. The molecule has 2 heterocycles. The van der Waals surface area contributed by atoms with E-state index in [1.54, 1.807) is 6.92 Å². The van der Waals surface area contributed by atoms with Crippen molar-refractivity contribution in [3.8, 4) is 5.82 Å². The van der Waals surface area contributed by atoms with Crippen molar-refractivity contribution in [2.45, 2.75) is 6.92 Å². The first kappa shape index (κ1) is 11.5. The molecule has 2 rings (SSSR count). The van der Waals surface area contributed by atoms with Crippen molar-refractivity contribution in [3.63, 3.8) is 0 Å². The van der Waals surface area contributed by atoms with Crippen molar-refractivity contribution >= 4 is 17.6 Å². The molecule has 2 aromatic rings. The van der Waals surface area contributed by atoms with E-state index < -0.39 is 17.3 Å². The van der Waals surface area contributed by atoms with E-state index >= 15 is 0 Å². The van der Waals surface area contributed by atoms with Crippen LogP contribution in [-0.4, -0.2) is 25.8 Å². The molecule has 2 aromatic heterocycles. The van der Waals surface area contributed by atoms with Crippen LogP contribution in [0.15, 0.2) is 18.5 Å². The second-order valence-corrected chi connectivity index (χ2v) is 3.72. The fraction of sp³-hybridized carbons (Fsp3) is 0.100. The van der Waals surface area contributed by atoms with E-state index in [4.69, 9.17) is 16.7 Å². The van der Waals surface area contributed by atoms with Crippen LogP contribution in [0.1, 0.15) is 16.1 Å². The quantitative estimate of drug-likeness (QED) is 0.892. The largest absolute Gasteiger partial charge is 0.478 e. The molecule has 0 fully saturated rings. The van der Waals surface area contributed by atoms with Crippen LogP contribution < -0.4 is 0 Å². The lowest BCUT2D eigenvalue weighted by atomic mass is 10.2. The summed E-state index contributed by atoms with van der Waals surface area (Å²) >= 11 is 5.78. The molecule has 7 heteroatoms. The molecule has 1 N–H and O–H groups in total. The molecule has 0 aliphatic heterocycles. The minimum atomic E-state index is -1.36. The number of pyridine rings is 1. The lowest BCUT2D eigenvalue weighted by molar-refractivity contribution is 0.0691. The molecular weight excluding hydrogens is 249 g/mol. The molecule has 5 nitrogen and oxygen atoms in total. The first-order valence-electron chi connectivity index (χ1n) is 4.60. The van der Waals surface area contributed by atoms with Crippen molar-refractivity contribution in [1.82, 2.24) is 14.8 Å². The third-order valence-electron chi connectivity index (χ3n) is 2.16. The van der Waals surface area contributed by atoms with Gasteiger partial charge in [0.2, 0.25) is 0 Å². The molecule has 0 aromatic carbocycles. The Hall–Kier alpha value is -1.95. The van der Waals surface area contributed by atoms with Gasteiger partial charge in [-0.1, -0.05) is 11.6 Å². The van der Waals surface area contributed by atoms with Crippen molar-refractivity contribution in [3.05, 3.63) is 40.6 Å². The Morgan fingerprint density at radius 1 is 1.59 bits per heavy atom. The molecule has 17 heavy (non-hydrogen) atoms. The zero-order valence-corrected chi connectivity index (χ0v) is 9.44. The number of nitrogens with zero attached hydrogens (tertiary/aromatic N) is 3. The van der Waals surface area contributed by atoms with E-state index in [2.05, 4.69) is 10.1 Å². The SMILES string of the molecule is Cc1nn(-c2nccc(C(=O)O)c2F)cc1Cl. The van der Waals surface area contributed by atoms with Gasteiger partial charge in [0.25, 0.3) is 0 Å². The van der Waals surface area contributed by atoms with Crippen molar-refractivity contribution in [2.24, 2.45) is 0 Å². The van der Waals surface area contributed by atoms with E-state index in [-0.39, 0.29) is 5.82 Å². The number of carboxylic acid groups (broad SMARTS) is 1. The molecule has 0 saturated carbocycles. The smallest absolute Gasteiger partial charge is 0.338 e. The van der Waals surface area contributed by atoms with Crippen LogP contribution in [0.3, 0.4) is 0 Å². The summed E-state index contributed by atoms with van der Waals surface area (Å²) in [7, 11) is 0. The molecule has 88 valence electrons. The second-order valence-electron chi connectivity index (χ2n) is 3.31. The zero-order chi connectivity index (χ0) is 12.6. The van der Waals surface area contributed by atoms with Crippen LogP contribution in [0.5, 0.6) is 0 Å². The van der Waals surface area contributed by atoms with Crippen LogP contribution in [0.25, 0.3) is 5.82 Å². The maximum Gasteiger partial charge on any atom is 0.338 e. The summed E-state index contributed by atoms with van der Waals surface area (Å²) in [5.41, 5.74) is 0.0490. The summed E-state index contributed by atoms with van der Waals surface area (Å²) < 4.78 is 14.9. The summed E-state index contributed by atoms with van der Waals surface area (Å²) in [6, 6.07) is 1.08. The first-order valence-corrected chi connectivity index (χ1v) is 4.98. The molecule has 0 aliphatic carbocycles. The van der Waals surface area contributed by atoms with Crippen LogP contribution in [-0.2, 0) is 0 Å². The van der Waals surface area contributed by atoms with Crippen LogP contribution in [0.2, 0.25) is 5.02 Å². The van der Waals surface area contributed by atoms with E-state index in [9.17, 15) is 9.18 Å². The summed E-state index contributed by atoms with van der Waals surface area (Å²) in [4.78, 5) is 14.5. The van der Waals surface area contributed by atoms with Gasteiger partial charge in [-0.25, -0.2) is 18.9 Å². The fourth-order valence-corrected chi connectivity index (χ4v) is 1.44. The Morgan fingerprint density at radius 2 is 2.29 bits per heavy atom. The monoisotopic (exact) mass is 255 g/mol. The number of aromatic carboxylic acids is 1. The Bertz CT molecular complexity index is 578. The van der Waals surface area contributed by atoms with Gasteiger partial charge in [-0.05, 0) is 13.0 Å². The number of hydrogen-bond donors (Lipinski definition) is 1. The van der Waals surface area contributed by atoms with Crippen molar-refractivity contribution < 1.29 is 14.3 Å². The highest BCUT2D eigenvalue weighted by molar-refractivity contribution is 6.31. The lowest BCUT2D eigenvalue weighted by Gasteiger charge is -2.03. The maximum atomic E-state index is 13.8. The molecular formula is C10H7ClFN3O2. The number of aromatic nitrogens is 3. The fourth-order valence-electron chi connectivity index (χ4n) is 1.31.